The number of hydrogen-bond donors (Lipinski definition) is 0. The number of para-hydroxylation sites is 1. The Balaban J connectivity index is 1.56. The Morgan fingerprint density at radius 3 is 2.38 bits per heavy atom. The van der Waals surface area contributed by atoms with Gasteiger partial charge in [0.1, 0.15) is 11.9 Å². The second-order valence-electron chi connectivity index (χ2n) is 8.36. The third-order valence-corrected chi connectivity index (χ3v) is 7.34. The summed E-state index contributed by atoms with van der Waals surface area (Å²) in [4.78, 5) is 0.122. The Morgan fingerprint density at radius 1 is 0.941 bits per heavy atom. The van der Waals surface area contributed by atoms with Gasteiger partial charge in [0, 0.05) is 12.5 Å². The van der Waals surface area contributed by atoms with E-state index in [0.717, 1.165) is 28.9 Å². The third-order valence-electron chi connectivity index (χ3n) is 6.04. The highest BCUT2D eigenvalue weighted by atomic mass is 32.2. The van der Waals surface area contributed by atoms with Crippen molar-refractivity contribution in [3.05, 3.63) is 95.6 Å². The standard InChI is InChI=1S/C27H30O6S/c1-20-12-14-22(15-13-20)34(28,29)33-19-26-27(32-18-21-8-4-3-5-9-21)24(16-17-31-26)23-10-6-7-11-25(23)30-2/h3-15,24,26-27H,16-19H2,1-2H3. The van der Waals surface area contributed by atoms with Crippen LogP contribution in [-0.4, -0.2) is 40.9 Å². The lowest BCUT2D eigenvalue weighted by molar-refractivity contribution is -0.133. The molecule has 1 fully saturated rings. The van der Waals surface area contributed by atoms with Gasteiger partial charge in [-0.3, -0.25) is 4.18 Å². The minimum absolute atomic E-state index is 0.0377. The van der Waals surface area contributed by atoms with Crippen LogP contribution in [0.3, 0.4) is 0 Å². The molecule has 0 bridgehead atoms. The molecular weight excluding hydrogens is 452 g/mol. The van der Waals surface area contributed by atoms with E-state index in [0.29, 0.717) is 13.2 Å². The van der Waals surface area contributed by atoms with Crippen molar-refractivity contribution in [2.75, 3.05) is 20.3 Å². The lowest BCUT2D eigenvalue weighted by Crippen LogP contribution is -2.44. The van der Waals surface area contributed by atoms with Crippen LogP contribution in [0.2, 0.25) is 0 Å². The van der Waals surface area contributed by atoms with E-state index in [-0.39, 0.29) is 17.4 Å². The van der Waals surface area contributed by atoms with Crippen molar-refractivity contribution in [2.45, 2.75) is 43.0 Å². The summed E-state index contributed by atoms with van der Waals surface area (Å²) in [5, 5.41) is 0. The lowest BCUT2D eigenvalue weighted by Gasteiger charge is -2.38. The second kappa shape index (κ2) is 11.1. The number of benzene rings is 3. The van der Waals surface area contributed by atoms with E-state index in [2.05, 4.69) is 0 Å². The van der Waals surface area contributed by atoms with E-state index in [4.69, 9.17) is 18.4 Å². The van der Waals surface area contributed by atoms with Crippen molar-refractivity contribution in [1.82, 2.24) is 0 Å². The van der Waals surface area contributed by atoms with Gasteiger partial charge in [-0.1, -0.05) is 66.2 Å². The monoisotopic (exact) mass is 482 g/mol. The van der Waals surface area contributed by atoms with E-state index in [9.17, 15) is 8.42 Å². The predicted molar refractivity (Wildman–Crippen MR) is 129 cm³/mol. The quantitative estimate of drug-likeness (QED) is 0.406. The van der Waals surface area contributed by atoms with Crippen LogP contribution in [0.4, 0.5) is 0 Å². The zero-order chi connectivity index (χ0) is 24.0. The molecule has 1 aliphatic rings. The van der Waals surface area contributed by atoms with Crippen molar-refractivity contribution in [3.8, 4) is 5.75 Å². The van der Waals surface area contributed by atoms with Crippen LogP contribution in [0, 0.1) is 6.92 Å². The maximum atomic E-state index is 12.8. The summed E-state index contributed by atoms with van der Waals surface area (Å²) in [6, 6.07) is 24.3. The molecule has 3 atom stereocenters. The summed E-state index contributed by atoms with van der Waals surface area (Å²) in [5.74, 6) is 0.735. The Bertz CT molecular complexity index is 1160. The first-order valence-corrected chi connectivity index (χ1v) is 12.7. The van der Waals surface area contributed by atoms with Gasteiger partial charge >= 0.3 is 0 Å². The highest BCUT2D eigenvalue weighted by molar-refractivity contribution is 7.86. The Morgan fingerprint density at radius 2 is 1.65 bits per heavy atom. The van der Waals surface area contributed by atoms with Crippen molar-refractivity contribution in [3.63, 3.8) is 0 Å². The molecule has 0 spiro atoms. The molecule has 0 N–H and O–H groups in total. The lowest BCUT2D eigenvalue weighted by atomic mass is 9.85. The summed E-state index contributed by atoms with van der Waals surface area (Å²) < 4.78 is 49.0. The maximum absolute atomic E-state index is 12.8. The first-order valence-electron chi connectivity index (χ1n) is 11.3. The van der Waals surface area contributed by atoms with Crippen molar-refractivity contribution in [2.24, 2.45) is 0 Å². The van der Waals surface area contributed by atoms with Crippen molar-refractivity contribution >= 4 is 10.1 Å². The Hall–Kier alpha value is -2.71. The second-order valence-corrected chi connectivity index (χ2v) is 9.97. The molecule has 0 saturated carbocycles. The molecule has 6 nitrogen and oxygen atoms in total. The van der Waals surface area contributed by atoms with Gasteiger partial charge in [-0.05, 0) is 42.7 Å². The SMILES string of the molecule is COc1ccccc1C1CCOC(COS(=O)(=O)c2ccc(C)cc2)C1OCc1ccccc1. The van der Waals surface area contributed by atoms with Gasteiger partial charge in [-0.2, -0.15) is 8.42 Å². The van der Waals surface area contributed by atoms with Crippen LogP contribution in [0.1, 0.15) is 29.0 Å². The molecule has 3 unspecified atom stereocenters. The number of methoxy groups -OCH3 is 1. The van der Waals surface area contributed by atoms with Crippen LogP contribution in [-0.2, 0) is 30.4 Å². The van der Waals surface area contributed by atoms with Crippen molar-refractivity contribution in [1.29, 1.82) is 0 Å². The van der Waals surface area contributed by atoms with Gasteiger partial charge in [0.2, 0.25) is 0 Å². The molecular formula is C27H30O6S. The van der Waals surface area contributed by atoms with Gasteiger partial charge in [0.25, 0.3) is 10.1 Å². The van der Waals surface area contributed by atoms with E-state index in [1.54, 1.807) is 31.4 Å². The van der Waals surface area contributed by atoms with Gasteiger partial charge < -0.3 is 14.2 Å². The largest absolute Gasteiger partial charge is 0.496 e. The first-order chi connectivity index (χ1) is 16.5. The Labute approximate surface area is 201 Å². The van der Waals surface area contributed by atoms with Crippen LogP contribution in [0.15, 0.2) is 83.8 Å². The molecule has 4 rings (SSSR count). The van der Waals surface area contributed by atoms with Gasteiger partial charge in [0.05, 0.1) is 31.3 Å². The predicted octanol–water partition coefficient (Wildman–Crippen LogP) is 4.87. The third kappa shape index (κ3) is 5.85. The van der Waals surface area contributed by atoms with Crippen LogP contribution >= 0.6 is 0 Å². The zero-order valence-electron chi connectivity index (χ0n) is 19.4. The number of ether oxygens (including phenoxy) is 3. The summed E-state index contributed by atoms with van der Waals surface area (Å²) in [6.45, 7) is 2.61. The molecule has 0 amide bonds. The summed E-state index contributed by atoms with van der Waals surface area (Å²) in [7, 11) is -2.28. The zero-order valence-corrected chi connectivity index (χ0v) is 20.2. The topological polar surface area (TPSA) is 71.1 Å². The Kier molecular flexibility index (Phi) is 8.00. The van der Waals surface area contributed by atoms with Gasteiger partial charge in [-0.25, -0.2) is 0 Å². The van der Waals surface area contributed by atoms with E-state index in [1.807, 2.05) is 61.5 Å². The minimum atomic E-state index is -3.92. The normalized spacial score (nSPS) is 20.7. The first kappa shape index (κ1) is 24.4. The summed E-state index contributed by atoms with van der Waals surface area (Å²) in [5.41, 5.74) is 3.01. The van der Waals surface area contributed by atoms with Crippen LogP contribution in [0.5, 0.6) is 5.75 Å². The van der Waals surface area contributed by atoms with E-state index < -0.39 is 22.3 Å². The van der Waals surface area contributed by atoms with Gasteiger partial charge in [0.15, 0.2) is 0 Å². The van der Waals surface area contributed by atoms with E-state index in [1.165, 1.54) is 0 Å². The average Bonchev–Trinajstić information content (AvgIpc) is 2.87. The maximum Gasteiger partial charge on any atom is 0.297 e. The minimum Gasteiger partial charge on any atom is -0.496 e. The molecule has 7 heteroatoms. The molecule has 3 aromatic carbocycles. The van der Waals surface area contributed by atoms with E-state index >= 15 is 0 Å². The van der Waals surface area contributed by atoms with Gasteiger partial charge in [-0.15, -0.1) is 0 Å². The molecule has 3 aromatic rings. The number of aryl methyl sites for hydroxylation is 1. The van der Waals surface area contributed by atoms with Crippen LogP contribution < -0.4 is 4.74 Å². The molecule has 34 heavy (non-hydrogen) atoms. The molecule has 0 radical (unpaired) electrons. The number of rotatable bonds is 9. The fourth-order valence-corrected chi connectivity index (χ4v) is 5.15. The smallest absolute Gasteiger partial charge is 0.297 e. The molecule has 1 saturated heterocycles. The molecule has 1 heterocycles. The highest BCUT2D eigenvalue weighted by Gasteiger charge is 2.38. The molecule has 1 aliphatic heterocycles. The molecule has 180 valence electrons. The molecule has 0 aliphatic carbocycles. The fourth-order valence-electron chi connectivity index (χ4n) is 4.23. The highest BCUT2D eigenvalue weighted by Crippen LogP contribution is 2.38. The number of hydrogen-bond acceptors (Lipinski definition) is 6. The molecule has 0 aromatic heterocycles. The summed E-state index contributed by atoms with van der Waals surface area (Å²) >= 11 is 0. The fraction of sp³-hybridized carbons (Fsp3) is 0.333. The van der Waals surface area contributed by atoms with Crippen LogP contribution in [0.25, 0.3) is 0 Å². The van der Waals surface area contributed by atoms with Crippen molar-refractivity contribution < 1.29 is 26.8 Å². The summed E-state index contributed by atoms with van der Waals surface area (Å²) in [6.07, 6.45) is -0.257. The average molecular weight is 483 g/mol.